The van der Waals surface area contributed by atoms with Gasteiger partial charge in [-0.3, -0.25) is 4.90 Å². The maximum absolute atomic E-state index is 13.5. The summed E-state index contributed by atoms with van der Waals surface area (Å²) < 4.78 is 26.6. The standard InChI is InChI=1S/C15H20F2N2/c1-18-9-11-6-7-19(12-3-4-12)15(11)10-2-5-13(16)14(17)8-10/h2,5,8,11-12,15,18H,3-4,6-7,9H2,1H3. The zero-order valence-corrected chi connectivity index (χ0v) is 11.2. The van der Waals surface area contributed by atoms with E-state index in [0.29, 0.717) is 12.0 Å². The topological polar surface area (TPSA) is 15.3 Å². The molecule has 1 saturated heterocycles. The first kappa shape index (κ1) is 13.0. The molecular formula is C15H20F2N2. The van der Waals surface area contributed by atoms with Crippen LogP contribution in [0.1, 0.15) is 30.9 Å². The maximum atomic E-state index is 13.5. The van der Waals surface area contributed by atoms with Crippen molar-refractivity contribution in [1.82, 2.24) is 10.2 Å². The summed E-state index contributed by atoms with van der Waals surface area (Å²) in [5, 5.41) is 3.22. The molecule has 1 aliphatic carbocycles. The van der Waals surface area contributed by atoms with Crippen molar-refractivity contribution in [1.29, 1.82) is 0 Å². The minimum absolute atomic E-state index is 0.232. The fraction of sp³-hybridized carbons (Fsp3) is 0.600. The Morgan fingerprint density at radius 3 is 2.63 bits per heavy atom. The first-order chi connectivity index (χ1) is 9.20. The van der Waals surface area contributed by atoms with E-state index in [1.54, 1.807) is 6.07 Å². The molecule has 19 heavy (non-hydrogen) atoms. The van der Waals surface area contributed by atoms with Crippen LogP contribution in [-0.4, -0.2) is 31.1 Å². The van der Waals surface area contributed by atoms with E-state index in [9.17, 15) is 8.78 Å². The second-order valence-corrected chi connectivity index (χ2v) is 5.69. The van der Waals surface area contributed by atoms with Gasteiger partial charge in [-0.1, -0.05) is 6.07 Å². The molecule has 2 atom stereocenters. The Hall–Kier alpha value is -1.00. The molecule has 2 fully saturated rings. The zero-order valence-electron chi connectivity index (χ0n) is 11.2. The third-order valence-corrected chi connectivity index (χ3v) is 4.33. The molecule has 2 nitrogen and oxygen atoms in total. The lowest BCUT2D eigenvalue weighted by Crippen LogP contribution is -2.30. The molecule has 2 aliphatic rings. The van der Waals surface area contributed by atoms with Crippen molar-refractivity contribution in [2.75, 3.05) is 20.1 Å². The van der Waals surface area contributed by atoms with Crippen LogP contribution in [0.25, 0.3) is 0 Å². The highest BCUT2D eigenvalue weighted by Gasteiger charge is 2.42. The average Bonchev–Trinajstić information content (AvgIpc) is 3.15. The predicted molar refractivity (Wildman–Crippen MR) is 70.9 cm³/mol. The van der Waals surface area contributed by atoms with E-state index in [1.165, 1.54) is 25.0 Å². The van der Waals surface area contributed by atoms with E-state index < -0.39 is 11.6 Å². The number of halogens is 2. The van der Waals surface area contributed by atoms with Crippen LogP contribution in [0.3, 0.4) is 0 Å². The molecule has 104 valence electrons. The van der Waals surface area contributed by atoms with Gasteiger partial charge >= 0.3 is 0 Å². The Kier molecular flexibility index (Phi) is 3.54. The summed E-state index contributed by atoms with van der Waals surface area (Å²) >= 11 is 0. The minimum atomic E-state index is -0.759. The van der Waals surface area contributed by atoms with Gasteiger partial charge in [0.1, 0.15) is 0 Å². The van der Waals surface area contributed by atoms with E-state index in [-0.39, 0.29) is 6.04 Å². The lowest BCUT2D eigenvalue weighted by atomic mass is 9.93. The molecule has 0 amide bonds. The molecule has 0 aromatic heterocycles. The third-order valence-electron chi connectivity index (χ3n) is 4.33. The number of benzene rings is 1. The van der Waals surface area contributed by atoms with E-state index in [0.717, 1.165) is 25.1 Å². The zero-order chi connectivity index (χ0) is 13.4. The van der Waals surface area contributed by atoms with Crippen LogP contribution in [0, 0.1) is 17.6 Å². The third kappa shape index (κ3) is 2.51. The van der Waals surface area contributed by atoms with Crippen molar-refractivity contribution >= 4 is 0 Å². The fourth-order valence-corrected chi connectivity index (χ4v) is 3.33. The molecule has 2 unspecified atom stereocenters. The van der Waals surface area contributed by atoms with E-state index in [2.05, 4.69) is 10.2 Å². The fourth-order valence-electron chi connectivity index (χ4n) is 3.33. The Morgan fingerprint density at radius 2 is 2.00 bits per heavy atom. The molecule has 1 aliphatic heterocycles. The smallest absolute Gasteiger partial charge is 0.159 e. The van der Waals surface area contributed by atoms with Gasteiger partial charge in [-0.15, -0.1) is 0 Å². The highest BCUT2D eigenvalue weighted by molar-refractivity contribution is 5.24. The van der Waals surface area contributed by atoms with Crippen LogP contribution >= 0.6 is 0 Å². The van der Waals surface area contributed by atoms with Crippen molar-refractivity contribution in [3.05, 3.63) is 35.4 Å². The quantitative estimate of drug-likeness (QED) is 0.901. The Morgan fingerprint density at radius 1 is 1.21 bits per heavy atom. The molecule has 1 heterocycles. The molecule has 0 radical (unpaired) electrons. The van der Waals surface area contributed by atoms with Crippen molar-refractivity contribution in [3.8, 4) is 0 Å². The minimum Gasteiger partial charge on any atom is -0.319 e. The molecule has 1 N–H and O–H groups in total. The molecule has 1 saturated carbocycles. The summed E-state index contributed by atoms with van der Waals surface area (Å²) in [6.07, 6.45) is 3.61. The summed E-state index contributed by atoms with van der Waals surface area (Å²) in [6, 6.07) is 5.26. The van der Waals surface area contributed by atoms with Crippen molar-refractivity contribution in [2.45, 2.75) is 31.3 Å². The van der Waals surface area contributed by atoms with Crippen LogP contribution < -0.4 is 5.32 Å². The summed E-state index contributed by atoms with van der Waals surface area (Å²) in [5.41, 5.74) is 0.920. The van der Waals surface area contributed by atoms with Gasteiger partial charge in [0, 0.05) is 12.1 Å². The molecular weight excluding hydrogens is 246 g/mol. The Bertz CT molecular complexity index is 459. The molecule has 1 aromatic rings. The second kappa shape index (κ2) is 5.17. The Labute approximate surface area is 112 Å². The largest absolute Gasteiger partial charge is 0.319 e. The Balaban J connectivity index is 1.89. The van der Waals surface area contributed by atoms with Crippen LogP contribution in [0.15, 0.2) is 18.2 Å². The first-order valence-corrected chi connectivity index (χ1v) is 7.06. The van der Waals surface area contributed by atoms with E-state index >= 15 is 0 Å². The normalized spacial score (nSPS) is 27.9. The highest BCUT2D eigenvalue weighted by Crippen LogP contribution is 2.44. The second-order valence-electron chi connectivity index (χ2n) is 5.69. The molecule has 0 bridgehead atoms. The van der Waals surface area contributed by atoms with Gasteiger partial charge in [-0.2, -0.15) is 0 Å². The number of hydrogen-bond donors (Lipinski definition) is 1. The monoisotopic (exact) mass is 266 g/mol. The van der Waals surface area contributed by atoms with Gasteiger partial charge in [0.15, 0.2) is 11.6 Å². The van der Waals surface area contributed by atoms with Gasteiger partial charge in [-0.25, -0.2) is 8.78 Å². The van der Waals surface area contributed by atoms with Crippen LogP contribution in [-0.2, 0) is 0 Å². The van der Waals surface area contributed by atoms with Gasteiger partial charge < -0.3 is 5.32 Å². The van der Waals surface area contributed by atoms with Gasteiger partial charge in [-0.05, 0) is 63.0 Å². The van der Waals surface area contributed by atoms with Crippen molar-refractivity contribution < 1.29 is 8.78 Å². The lowest BCUT2D eigenvalue weighted by molar-refractivity contribution is 0.216. The summed E-state index contributed by atoms with van der Waals surface area (Å²) in [5.74, 6) is -1.01. The van der Waals surface area contributed by atoms with Gasteiger partial charge in [0.05, 0.1) is 0 Å². The van der Waals surface area contributed by atoms with Gasteiger partial charge in [0.2, 0.25) is 0 Å². The molecule has 1 aromatic carbocycles. The van der Waals surface area contributed by atoms with Crippen molar-refractivity contribution in [2.24, 2.45) is 5.92 Å². The lowest BCUT2D eigenvalue weighted by Gasteiger charge is -2.28. The van der Waals surface area contributed by atoms with E-state index in [4.69, 9.17) is 0 Å². The number of hydrogen-bond acceptors (Lipinski definition) is 2. The van der Waals surface area contributed by atoms with E-state index in [1.807, 2.05) is 7.05 Å². The molecule has 0 spiro atoms. The SMILES string of the molecule is CNCC1CCN(C2CC2)C1c1ccc(F)c(F)c1. The van der Waals surface area contributed by atoms with Gasteiger partial charge in [0.25, 0.3) is 0 Å². The number of rotatable bonds is 4. The highest BCUT2D eigenvalue weighted by atomic mass is 19.2. The van der Waals surface area contributed by atoms with Crippen LogP contribution in [0.4, 0.5) is 8.78 Å². The summed E-state index contributed by atoms with van der Waals surface area (Å²) in [4.78, 5) is 2.48. The number of nitrogens with zero attached hydrogens (tertiary/aromatic N) is 1. The predicted octanol–water partition coefficient (Wildman–Crippen LogP) is 2.71. The summed E-state index contributed by atoms with van der Waals surface area (Å²) in [6.45, 7) is 1.99. The molecule has 3 rings (SSSR count). The molecule has 4 heteroatoms. The summed E-state index contributed by atoms with van der Waals surface area (Å²) in [7, 11) is 1.95. The van der Waals surface area contributed by atoms with Crippen LogP contribution in [0.2, 0.25) is 0 Å². The first-order valence-electron chi connectivity index (χ1n) is 7.06. The van der Waals surface area contributed by atoms with Crippen LogP contribution in [0.5, 0.6) is 0 Å². The number of likely N-dealkylation sites (tertiary alicyclic amines) is 1. The van der Waals surface area contributed by atoms with Crippen molar-refractivity contribution in [3.63, 3.8) is 0 Å². The maximum Gasteiger partial charge on any atom is 0.159 e. The number of nitrogens with one attached hydrogen (secondary N) is 1. The average molecular weight is 266 g/mol.